The number of hydrogen-bond donors (Lipinski definition) is 1. The highest BCUT2D eigenvalue weighted by Gasteiger charge is 2.23. The fourth-order valence-electron chi connectivity index (χ4n) is 4.73. The highest BCUT2D eigenvalue weighted by molar-refractivity contribution is 5.80. The van der Waals surface area contributed by atoms with Crippen LogP contribution in [-0.2, 0) is 15.9 Å². The smallest absolute Gasteiger partial charge is 0.139 e. The Hall–Kier alpha value is -2.39. The molecule has 4 nitrogen and oxygen atoms in total. The van der Waals surface area contributed by atoms with Gasteiger partial charge in [-0.15, -0.1) is 5.92 Å². The molecule has 2 heterocycles. The van der Waals surface area contributed by atoms with E-state index < -0.39 is 0 Å². The normalized spacial score (nSPS) is 19.5. The number of methoxy groups -OCH3 is 1. The minimum Gasteiger partial charge on any atom is -0.384 e. The molecule has 2 aliphatic heterocycles. The van der Waals surface area contributed by atoms with E-state index in [4.69, 9.17) is 9.47 Å². The summed E-state index contributed by atoms with van der Waals surface area (Å²) < 4.78 is 26.0. The van der Waals surface area contributed by atoms with Crippen LogP contribution in [-0.4, -0.2) is 52.6 Å². The van der Waals surface area contributed by atoms with Crippen LogP contribution in [0, 0.1) is 23.6 Å². The summed E-state index contributed by atoms with van der Waals surface area (Å²) in [6.45, 7) is 7.03. The molecule has 0 bridgehead atoms. The van der Waals surface area contributed by atoms with E-state index in [1.54, 1.807) is 26.2 Å². The molecule has 1 atom stereocenters. The van der Waals surface area contributed by atoms with Crippen molar-refractivity contribution >= 4 is 5.69 Å². The lowest BCUT2D eigenvalue weighted by Gasteiger charge is -2.35. The van der Waals surface area contributed by atoms with Crippen LogP contribution in [0.5, 0.6) is 0 Å². The molecule has 32 heavy (non-hydrogen) atoms. The standard InChI is InChI=1S/C27H33FN2O2/c1-3-4-22-6-7-23(17-26(22)28)25-16-21(15-24-18-29-11-14-32-24)5-8-27(25)30-12-9-20(10-13-30)19-31-2/h5-8,16-17,20,24,29H,9-15,18-19H2,1-2H3. The Bertz CT molecular complexity index is 967. The van der Waals surface area contributed by atoms with E-state index in [-0.39, 0.29) is 11.9 Å². The predicted octanol–water partition coefficient (Wildman–Crippen LogP) is 4.26. The zero-order valence-corrected chi connectivity index (χ0v) is 19.1. The molecule has 2 saturated heterocycles. The molecule has 0 radical (unpaired) electrons. The van der Waals surface area contributed by atoms with Crippen molar-refractivity contribution in [2.45, 2.75) is 32.3 Å². The Balaban J connectivity index is 1.64. The number of anilines is 1. The highest BCUT2D eigenvalue weighted by Crippen LogP contribution is 2.35. The van der Waals surface area contributed by atoms with Crippen molar-refractivity contribution in [3.05, 3.63) is 53.3 Å². The minimum absolute atomic E-state index is 0.172. The van der Waals surface area contributed by atoms with Gasteiger partial charge in [0.1, 0.15) is 5.82 Å². The summed E-state index contributed by atoms with van der Waals surface area (Å²) in [5, 5.41) is 3.40. The van der Waals surface area contributed by atoms with Gasteiger partial charge in [0.25, 0.3) is 0 Å². The number of piperidine rings is 1. The van der Waals surface area contributed by atoms with Crippen molar-refractivity contribution in [1.29, 1.82) is 0 Å². The largest absolute Gasteiger partial charge is 0.384 e. The number of nitrogens with zero attached hydrogens (tertiary/aromatic N) is 1. The van der Waals surface area contributed by atoms with Crippen molar-refractivity contribution in [3.63, 3.8) is 0 Å². The monoisotopic (exact) mass is 436 g/mol. The summed E-state index contributed by atoms with van der Waals surface area (Å²) in [6.07, 6.45) is 3.23. The van der Waals surface area contributed by atoms with Crippen LogP contribution in [0.1, 0.15) is 30.9 Å². The third-order valence-corrected chi connectivity index (χ3v) is 6.43. The van der Waals surface area contributed by atoms with Crippen LogP contribution in [0.15, 0.2) is 36.4 Å². The zero-order valence-electron chi connectivity index (χ0n) is 19.1. The van der Waals surface area contributed by atoms with E-state index in [1.165, 1.54) is 11.3 Å². The maximum Gasteiger partial charge on any atom is 0.139 e. The average molecular weight is 437 g/mol. The summed E-state index contributed by atoms with van der Waals surface area (Å²) in [5.74, 6) is 5.97. The van der Waals surface area contributed by atoms with Gasteiger partial charge in [-0.1, -0.05) is 18.1 Å². The lowest BCUT2D eigenvalue weighted by molar-refractivity contribution is 0.0292. The van der Waals surface area contributed by atoms with Gasteiger partial charge in [-0.2, -0.15) is 0 Å². The zero-order chi connectivity index (χ0) is 22.3. The van der Waals surface area contributed by atoms with Crippen molar-refractivity contribution < 1.29 is 13.9 Å². The number of ether oxygens (including phenoxy) is 2. The Morgan fingerprint density at radius 2 is 2.03 bits per heavy atom. The summed E-state index contributed by atoms with van der Waals surface area (Å²) in [7, 11) is 1.77. The van der Waals surface area contributed by atoms with Crippen LogP contribution in [0.25, 0.3) is 11.1 Å². The molecule has 170 valence electrons. The van der Waals surface area contributed by atoms with Gasteiger partial charge in [0, 0.05) is 51.1 Å². The first-order valence-corrected chi connectivity index (χ1v) is 11.6. The molecule has 0 aliphatic carbocycles. The number of rotatable bonds is 6. The minimum atomic E-state index is -0.271. The first kappa shape index (κ1) is 22.8. The molecular weight excluding hydrogens is 403 g/mol. The van der Waals surface area contributed by atoms with Crippen LogP contribution in [0.3, 0.4) is 0 Å². The van der Waals surface area contributed by atoms with Crippen molar-refractivity contribution in [3.8, 4) is 23.0 Å². The van der Waals surface area contributed by atoms with Crippen LogP contribution in [0.2, 0.25) is 0 Å². The van der Waals surface area contributed by atoms with Crippen LogP contribution in [0.4, 0.5) is 10.1 Å². The summed E-state index contributed by atoms with van der Waals surface area (Å²) in [5.41, 5.74) is 4.79. The predicted molar refractivity (Wildman–Crippen MR) is 128 cm³/mol. The number of morpholine rings is 1. The van der Waals surface area contributed by atoms with Gasteiger partial charge in [0.05, 0.1) is 18.3 Å². The molecule has 0 saturated carbocycles. The van der Waals surface area contributed by atoms with Gasteiger partial charge in [-0.05, 0) is 67.5 Å². The Kier molecular flexibility index (Phi) is 7.81. The number of nitrogens with one attached hydrogen (secondary N) is 1. The molecule has 2 fully saturated rings. The van der Waals surface area contributed by atoms with E-state index in [0.717, 1.165) is 69.8 Å². The van der Waals surface area contributed by atoms with Gasteiger partial charge < -0.3 is 19.7 Å². The molecular formula is C27H33FN2O2. The van der Waals surface area contributed by atoms with Gasteiger partial charge in [0.15, 0.2) is 0 Å². The van der Waals surface area contributed by atoms with E-state index in [2.05, 4.69) is 40.3 Å². The first-order valence-electron chi connectivity index (χ1n) is 11.6. The lowest BCUT2D eigenvalue weighted by Crippen LogP contribution is -2.39. The van der Waals surface area contributed by atoms with Gasteiger partial charge >= 0.3 is 0 Å². The van der Waals surface area contributed by atoms with E-state index in [0.29, 0.717) is 11.5 Å². The Labute approximate surface area is 191 Å². The van der Waals surface area contributed by atoms with Crippen LogP contribution >= 0.6 is 0 Å². The maximum atomic E-state index is 14.7. The Morgan fingerprint density at radius 1 is 1.19 bits per heavy atom. The molecule has 1 N–H and O–H groups in total. The van der Waals surface area contributed by atoms with Gasteiger partial charge in [0.2, 0.25) is 0 Å². The molecule has 0 spiro atoms. The van der Waals surface area contributed by atoms with Crippen LogP contribution < -0.4 is 10.2 Å². The van der Waals surface area contributed by atoms with Crippen molar-refractivity contribution in [2.75, 3.05) is 51.4 Å². The number of hydrogen-bond acceptors (Lipinski definition) is 4. The second-order valence-electron chi connectivity index (χ2n) is 8.71. The molecule has 2 aromatic rings. The highest BCUT2D eigenvalue weighted by atomic mass is 19.1. The molecule has 2 aromatic carbocycles. The fraction of sp³-hybridized carbons (Fsp3) is 0.481. The SMILES string of the molecule is CC#Cc1ccc(-c2cc(CC3CNCCO3)ccc2N2CCC(COC)CC2)cc1F. The summed E-state index contributed by atoms with van der Waals surface area (Å²) >= 11 is 0. The molecule has 4 rings (SSSR count). The molecule has 2 aliphatic rings. The second-order valence-corrected chi connectivity index (χ2v) is 8.71. The number of halogens is 1. The van der Waals surface area contributed by atoms with Gasteiger partial charge in [-0.25, -0.2) is 4.39 Å². The first-order chi connectivity index (χ1) is 15.7. The molecule has 1 unspecified atom stereocenters. The fourth-order valence-corrected chi connectivity index (χ4v) is 4.73. The third-order valence-electron chi connectivity index (χ3n) is 6.43. The molecule has 5 heteroatoms. The maximum absolute atomic E-state index is 14.7. The summed E-state index contributed by atoms with van der Waals surface area (Å²) in [4.78, 5) is 2.43. The van der Waals surface area contributed by atoms with E-state index in [9.17, 15) is 4.39 Å². The van der Waals surface area contributed by atoms with Gasteiger partial charge in [-0.3, -0.25) is 0 Å². The van der Waals surface area contributed by atoms with E-state index >= 15 is 0 Å². The molecule has 0 amide bonds. The third kappa shape index (κ3) is 5.50. The average Bonchev–Trinajstić information content (AvgIpc) is 2.82. The Morgan fingerprint density at radius 3 is 2.72 bits per heavy atom. The summed E-state index contributed by atoms with van der Waals surface area (Å²) in [6, 6.07) is 12.0. The lowest BCUT2D eigenvalue weighted by atomic mass is 9.93. The topological polar surface area (TPSA) is 33.7 Å². The van der Waals surface area contributed by atoms with Crippen molar-refractivity contribution in [2.24, 2.45) is 5.92 Å². The second kappa shape index (κ2) is 11.0. The van der Waals surface area contributed by atoms with E-state index in [1.807, 2.05) is 6.07 Å². The quantitative estimate of drug-likeness (QED) is 0.686. The molecule has 0 aromatic heterocycles. The van der Waals surface area contributed by atoms with Crippen molar-refractivity contribution in [1.82, 2.24) is 5.32 Å². The number of benzene rings is 2.